The van der Waals surface area contributed by atoms with E-state index in [0.29, 0.717) is 6.54 Å². The molecule has 3 nitrogen and oxygen atoms in total. The summed E-state index contributed by atoms with van der Waals surface area (Å²) in [5.74, 6) is 0.904. The Kier molecular flexibility index (Phi) is 5.99. The SMILES string of the molecule is CN(CC1CCC1)C(=O)CNc1ccccc1.Cl. The fraction of sp³-hybridized carbons (Fsp3) is 0.500. The van der Waals surface area contributed by atoms with E-state index in [2.05, 4.69) is 5.32 Å². The van der Waals surface area contributed by atoms with Crippen LogP contribution in [0.3, 0.4) is 0 Å². The number of rotatable bonds is 5. The summed E-state index contributed by atoms with van der Waals surface area (Å²) in [6.45, 7) is 1.29. The summed E-state index contributed by atoms with van der Waals surface area (Å²) in [5, 5.41) is 3.14. The first-order valence-electron chi connectivity index (χ1n) is 6.28. The molecule has 2 rings (SSSR count). The molecule has 0 radical (unpaired) electrons. The molecular formula is C14H21ClN2O. The maximum Gasteiger partial charge on any atom is 0.241 e. The van der Waals surface area contributed by atoms with Crippen LogP contribution in [0.15, 0.2) is 30.3 Å². The first kappa shape index (κ1) is 14.8. The number of carbonyl (C=O) groups is 1. The van der Waals surface area contributed by atoms with Crippen LogP contribution in [0, 0.1) is 5.92 Å². The quantitative estimate of drug-likeness (QED) is 0.891. The summed E-state index contributed by atoms with van der Waals surface area (Å²) < 4.78 is 0. The van der Waals surface area contributed by atoms with Crippen molar-refractivity contribution in [1.82, 2.24) is 4.90 Å². The number of likely N-dealkylation sites (N-methyl/N-ethyl adjacent to an activating group) is 1. The molecule has 0 atom stereocenters. The molecule has 4 heteroatoms. The van der Waals surface area contributed by atoms with Crippen molar-refractivity contribution in [3.8, 4) is 0 Å². The number of halogens is 1. The van der Waals surface area contributed by atoms with Crippen molar-refractivity contribution in [2.45, 2.75) is 19.3 Å². The van der Waals surface area contributed by atoms with E-state index in [1.165, 1.54) is 19.3 Å². The molecule has 0 heterocycles. The fourth-order valence-electron chi connectivity index (χ4n) is 2.03. The maximum atomic E-state index is 11.9. The molecule has 0 unspecified atom stereocenters. The highest BCUT2D eigenvalue weighted by Crippen LogP contribution is 2.26. The largest absolute Gasteiger partial charge is 0.376 e. The standard InChI is InChI=1S/C14H20N2O.ClH/c1-16(11-12-6-5-7-12)14(17)10-15-13-8-3-2-4-9-13;/h2-4,8-9,12,15H,5-7,10-11H2,1H3;1H. The molecule has 0 aliphatic heterocycles. The second-order valence-electron chi connectivity index (χ2n) is 4.79. The molecule has 0 aromatic heterocycles. The lowest BCUT2D eigenvalue weighted by atomic mass is 9.85. The second kappa shape index (κ2) is 7.27. The number of anilines is 1. The minimum Gasteiger partial charge on any atom is -0.376 e. The van der Waals surface area contributed by atoms with Gasteiger partial charge in [0.2, 0.25) is 5.91 Å². The van der Waals surface area contributed by atoms with Crippen LogP contribution in [-0.2, 0) is 4.79 Å². The molecule has 1 amide bonds. The van der Waals surface area contributed by atoms with E-state index >= 15 is 0 Å². The van der Waals surface area contributed by atoms with Crippen LogP contribution < -0.4 is 5.32 Å². The van der Waals surface area contributed by atoms with Crippen molar-refractivity contribution in [2.24, 2.45) is 5.92 Å². The molecule has 1 N–H and O–H groups in total. The summed E-state index contributed by atoms with van der Waals surface area (Å²) in [5.41, 5.74) is 0.998. The number of para-hydroxylation sites is 1. The third-order valence-electron chi connectivity index (χ3n) is 3.40. The van der Waals surface area contributed by atoms with Gasteiger partial charge in [-0.05, 0) is 30.9 Å². The number of amides is 1. The van der Waals surface area contributed by atoms with Crippen molar-refractivity contribution in [3.63, 3.8) is 0 Å². The molecule has 1 fully saturated rings. The van der Waals surface area contributed by atoms with Crippen LogP contribution in [-0.4, -0.2) is 30.9 Å². The zero-order valence-corrected chi connectivity index (χ0v) is 11.6. The van der Waals surface area contributed by atoms with E-state index in [1.54, 1.807) is 0 Å². The van der Waals surface area contributed by atoms with Crippen molar-refractivity contribution in [1.29, 1.82) is 0 Å². The number of carbonyl (C=O) groups excluding carboxylic acids is 1. The topological polar surface area (TPSA) is 32.3 Å². The third-order valence-corrected chi connectivity index (χ3v) is 3.40. The molecule has 0 spiro atoms. The van der Waals surface area contributed by atoms with Gasteiger partial charge in [-0.1, -0.05) is 24.6 Å². The Labute approximate surface area is 115 Å². The van der Waals surface area contributed by atoms with Gasteiger partial charge in [-0.3, -0.25) is 4.79 Å². The Hall–Kier alpha value is -1.22. The van der Waals surface area contributed by atoms with Crippen molar-refractivity contribution < 1.29 is 4.79 Å². The summed E-state index contributed by atoms with van der Waals surface area (Å²) in [6, 6.07) is 9.84. The Morgan fingerprint density at radius 3 is 2.56 bits per heavy atom. The summed E-state index contributed by atoms with van der Waals surface area (Å²) in [7, 11) is 1.90. The Bertz CT molecular complexity index is 365. The Balaban J connectivity index is 0.00000162. The number of nitrogens with one attached hydrogen (secondary N) is 1. The molecule has 1 aromatic carbocycles. The van der Waals surface area contributed by atoms with Gasteiger partial charge < -0.3 is 10.2 Å². The minimum atomic E-state index is 0. The van der Waals surface area contributed by atoms with Crippen LogP contribution in [0.5, 0.6) is 0 Å². The van der Waals surface area contributed by atoms with E-state index in [1.807, 2.05) is 42.3 Å². The zero-order valence-electron chi connectivity index (χ0n) is 10.8. The van der Waals surface area contributed by atoms with E-state index in [0.717, 1.165) is 18.2 Å². The number of hydrogen-bond acceptors (Lipinski definition) is 2. The zero-order chi connectivity index (χ0) is 12.1. The van der Waals surface area contributed by atoms with Gasteiger partial charge in [-0.25, -0.2) is 0 Å². The molecule has 100 valence electrons. The second-order valence-corrected chi connectivity index (χ2v) is 4.79. The van der Waals surface area contributed by atoms with Gasteiger partial charge in [-0.15, -0.1) is 12.4 Å². The van der Waals surface area contributed by atoms with Gasteiger partial charge in [0, 0.05) is 19.3 Å². The summed E-state index contributed by atoms with van der Waals surface area (Å²) in [6.07, 6.45) is 3.89. The molecule has 1 saturated carbocycles. The lowest BCUT2D eigenvalue weighted by Gasteiger charge is -2.30. The molecule has 0 bridgehead atoms. The lowest BCUT2D eigenvalue weighted by molar-refractivity contribution is -0.128. The van der Waals surface area contributed by atoms with E-state index in [-0.39, 0.29) is 18.3 Å². The average molecular weight is 269 g/mol. The molecule has 1 aromatic rings. The average Bonchev–Trinajstić information content (AvgIpc) is 2.32. The highest BCUT2D eigenvalue weighted by molar-refractivity contribution is 5.85. The first-order valence-corrected chi connectivity index (χ1v) is 6.28. The Morgan fingerprint density at radius 2 is 2.00 bits per heavy atom. The highest BCUT2D eigenvalue weighted by atomic mass is 35.5. The molecule has 18 heavy (non-hydrogen) atoms. The number of benzene rings is 1. The number of hydrogen-bond donors (Lipinski definition) is 1. The predicted molar refractivity (Wildman–Crippen MR) is 77.2 cm³/mol. The maximum absolute atomic E-state index is 11.9. The molecule has 0 saturated heterocycles. The third kappa shape index (κ3) is 4.22. The van der Waals surface area contributed by atoms with Crippen molar-refractivity contribution in [3.05, 3.63) is 30.3 Å². The van der Waals surface area contributed by atoms with Crippen LogP contribution in [0.1, 0.15) is 19.3 Å². The van der Waals surface area contributed by atoms with Gasteiger partial charge >= 0.3 is 0 Å². The van der Waals surface area contributed by atoms with Gasteiger partial charge in [0.1, 0.15) is 0 Å². The van der Waals surface area contributed by atoms with Gasteiger partial charge in [0.05, 0.1) is 6.54 Å². The Morgan fingerprint density at radius 1 is 1.33 bits per heavy atom. The normalized spacial score (nSPS) is 14.3. The van der Waals surface area contributed by atoms with Crippen LogP contribution in [0.4, 0.5) is 5.69 Å². The van der Waals surface area contributed by atoms with Crippen molar-refractivity contribution >= 4 is 24.0 Å². The van der Waals surface area contributed by atoms with Gasteiger partial charge in [-0.2, -0.15) is 0 Å². The highest BCUT2D eigenvalue weighted by Gasteiger charge is 2.20. The van der Waals surface area contributed by atoms with E-state index in [9.17, 15) is 4.79 Å². The first-order chi connectivity index (χ1) is 8.25. The lowest BCUT2D eigenvalue weighted by Crippen LogP contribution is -2.37. The van der Waals surface area contributed by atoms with Crippen LogP contribution >= 0.6 is 12.4 Å². The van der Waals surface area contributed by atoms with E-state index in [4.69, 9.17) is 0 Å². The predicted octanol–water partition coefficient (Wildman–Crippen LogP) is 2.78. The van der Waals surface area contributed by atoms with Crippen LogP contribution in [0.2, 0.25) is 0 Å². The number of nitrogens with zero attached hydrogens (tertiary/aromatic N) is 1. The molecule has 1 aliphatic rings. The molecule has 1 aliphatic carbocycles. The monoisotopic (exact) mass is 268 g/mol. The van der Waals surface area contributed by atoms with Crippen molar-refractivity contribution in [2.75, 3.05) is 25.5 Å². The summed E-state index contributed by atoms with van der Waals surface area (Å²) >= 11 is 0. The van der Waals surface area contributed by atoms with E-state index < -0.39 is 0 Å². The van der Waals surface area contributed by atoms with Crippen LogP contribution in [0.25, 0.3) is 0 Å². The van der Waals surface area contributed by atoms with Gasteiger partial charge in [0.15, 0.2) is 0 Å². The molecular weight excluding hydrogens is 248 g/mol. The fourth-order valence-corrected chi connectivity index (χ4v) is 2.03. The summed E-state index contributed by atoms with van der Waals surface area (Å²) in [4.78, 5) is 13.7. The smallest absolute Gasteiger partial charge is 0.241 e. The minimum absolute atomic E-state index is 0. The van der Waals surface area contributed by atoms with Gasteiger partial charge in [0.25, 0.3) is 0 Å².